The van der Waals surface area contributed by atoms with Crippen molar-refractivity contribution in [2.45, 2.75) is 40.4 Å². The number of hydrogen-bond acceptors (Lipinski definition) is 4. The van der Waals surface area contributed by atoms with Crippen molar-refractivity contribution in [2.75, 3.05) is 27.9 Å². The summed E-state index contributed by atoms with van der Waals surface area (Å²) < 4.78 is 12.6. The number of aromatic nitrogens is 2. The number of ether oxygens (including phenoxy) is 2. The summed E-state index contributed by atoms with van der Waals surface area (Å²) in [6.45, 7) is 8.86. The standard InChI is InChI=1S/C20H31N5O2/c1-14-7-8-17(19(11-14)27-6)12-22-20(21-4)23-13-18-15(2)24-25(16(18)3)9-10-26-5/h7-8,11H,9-10,12-13H2,1-6H3,(H2,21,22,23). The van der Waals surface area contributed by atoms with E-state index in [4.69, 9.17) is 9.47 Å². The van der Waals surface area contributed by atoms with Crippen LogP contribution in [0.4, 0.5) is 0 Å². The van der Waals surface area contributed by atoms with Crippen LogP contribution in [0, 0.1) is 20.8 Å². The SMILES string of the molecule is CN=C(NCc1ccc(C)cc1OC)NCc1c(C)nn(CCOC)c1C. The Morgan fingerprint density at radius 1 is 1.15 bits per heavy atom. The molecule has 0 atom stereocenters. The van der Waals surface area contributed by atoms with E-state index in [9.17, 15) is 0 Å². The van der Waals surface area contributed by atoms with Crippen LogP contribution in [0.3, 0.4) is 0 Å². The first kappa shape index (κ1) is 20.8. The van der Waals surface area contributed by atoms with Gasteiger partial charge in [0.2, 0.25) is 0 Å². The van der Waals surface area contributed by atoms with Crippen LogP contribution in [-0.2, 0) is 24.4 Å². The summed E-state index contributed by atoms with van der Waals surface area (Å²) in [4.78, 5) is 4.31. The third-order valence-corrected chi connectivity index (χ3v) is 4.58. The van der Waals surface area contributed by atoms with Gasteiger partial charge >= 0.3 is 0 Å². The van der Waals surface area contributed by atoms with Gasteiger partial charge in [0, 0.05) is 44.1 Å². The molecule has 0 saturated heterocycles. The van der Waals surface area contributed by atoms with Crippen molar-refractivity contribution in [1.29, 1.82) is 0 Å². The molecule has 0 saturated carbocycles. The highest BCUT2D eigenvalue weighted by atomic mass is 16.5. The lowest BCUT2D eigenvalue weighted by atomic mass is 10.1. The highest BCUT2D eigenvalue weighted by Crippen LogP contribution is 2.19. The second-order valence-electron chi connectivity index (χ2n) is 6.46. The van der Waals surface area contributed by atoms with Crippen molar-refractivity contribution in [3.05, 3.63) is 46.3 Å². The van der Waals surface area contributed by atoms with Crippen molar-refractivity contribution >= 4 is 5.96 Å². The van der Waals surface area contributed by atoms with Crippen LogP contribution in [0.1, 0.15) is 28.1 Å². The normalized spacial score (nSPS) is 11.6. The fourth-order valence-electron chi connectivity index (χ4n) is 2.95. The highest BCUT2D eigenvalue weighted by molar-refractivity contribution is 5.79. The number of nitrogens with one attached hydrogen (secondary N) is 2. The quantitative estimate of drug-likeness (QED) is 0.549. The van der Waals surface area contributed by atoms with E-state index in [1.54, 1.807) is 21.3 Å². The molecule has 2 aromatic rings. The van der Waals surface area contributed by atoms with Gasteiger partial charge in [0.15, 0.2) is 5.96 Å². The third kappa shape index (κ3) is 5.47. The topological polar surface area (TPSA) is 72.7 Å². The predicted molar refractivity (Wildman–Crippen MR) is 108 cm³/mol. The van der Waals surface area contributed by atoms with E-state index >= 15 is 0 Å². The van der Waals surface area contributed by atoms with Gasteiger partial charge in [-0.25, -0.2) is 0 Å². The van der Waals surface area contributed by atoms with E-state index < -0.39 is 0 Å². The molecule has 0 bridgehead atoms. The molecule has 7 nitrogen and oxygen atoms in total. The van der Waals surface area contributed by atoms with Crippen molar-refractivity contribution in [2.24, 2.45) is 4.99 Å². The summed E-state index contributed by atoms with van der Waals surface area (Å²) in [5, 5.41) is 11.3. The van der Waals surface area contributed by atoms with Crippen LogP contribution >= 0.6 is 0 Å². The van der Waals surface area contributed by atoms with Crippen LogP contribution in [0.2, 0.25) is 0 Å². The van der Waals surface area contributed by atoms with Crippen molar-refractivity contribution in [3.63, 3.8) is 0 Å². The Balaban J connectivity index is 1.98. The summed E-state index contributed by atoms with van der Waals surface area (Å²) in [5.74, 6) is 1.62. The number of guanidine groups is 1. The zero-order valence-corrected chi connectivity index (χ0v) is 17.2. The maximum Gasteiger partial charge on any atom is 0.191 e. The minimum Gasteiger partial charge on any atom is -0.496 e. The van der Waals surface area contributed by atoms with Crippen molar-refractivity contribution in [1.82, 2.24) is 20.4 Å². The van der Waals surface area contributed by atoms with E-state index in [-0.39, 0.29) is 0 Å². The Bertz CT molecular complexity index is 783. The van der Waals surface area contributed by atoms with Crippen LogP contribution in [0.5, 0.6) is 5.75 Å². The summed E-state index contributed by atoms with van der Waals surface area (Å²) >= 11 is 0. The van der Waals surface area contributed by atoms with Gasteiger partial charge in [0.1, 0.15) is 5.75 Å². The van der Waals surface area contributed by atoms with Crippen LogP contribution < -0.4 is 15.4 Å². The van der Waals surface area contributed by atoms with Gasteiger partial charge in [-0.2, -0.15) is 5.10 Å². The number of benzene rings is 1. The lowest BCUT2D eigenvalue weighted by Crippen LogP contribution is -2.36. The van der Waals surface area contributed by atoms with Crippen LogP contribution in [-0.4, -0.2) is 43.6 Å². The molecule has 7 heteroatoms. The predicted octanol–water partition coefficient (Wildman–Crippen LogP) is 2.33. The molecule has 2 rings (SSSR count). The summed E-state index contributed by atoms with van der Waals surface area (Å²) in [5.41, 5.74) is 5.61. The Kier molecular flexibility index (Phi) is 7.67. The number of nitrogens with zero attached hydrogens (tertiary/aromatic N) is 3. The Morgan fingerprint density at radius 2 is 1.89 bits per heavy atom. The van der Waals surface area contributed by atoms with E-state index in [2.05, 4.69) is 46.7 Å². The van der Waals surface area contributed by atoms with E-state index in [0.29, 0.717) is 19.7 Å². The lowest BCUT2D eigenvalue weighted by Gasteiger charge is -2.14. The Morgan fingerprint density at radius 3 is 2.56 bits per heavy atom. The average molecular weight is 374 g/mol. The first-order valence-corrected chi connectivity index (χ1v) is 9.10. The third-order valence-electron chi connectivity index (χ3n) is 4.58. The fraction of sp³-hybridized carbons (Fsp3) is 0.500. The molecule has 0 aliphatic rings. The fourth-order valence-corrected chi connectivity index (χ4v) is 2.95. The van der Waals surface area contributed by atoms with Gasteiger partial charge in [0.25, 0.3) is 0 Å². The monoisotopic (exact) mass is 373 g/mol. The molecular weight excluding hydrogens is 342 g/mol. The number of aryl methyl sites for hydroxylation is 2. The first-order chi connectivity index (χ1) is 13.0. The Labute approximate surface area is 161 Å². The minimum atomic E-state index is 0.633. The van der Waals surface area contributed by atoms with Gasteiger partial charge in [0.05, 0.1) is 26.0 Å². The first-order valence-electron chi connectivity index (χ1n) is 9.10. The molecule has 0 unspecified atom stereocenters. The molecule has 0 radical (unpaired) electrons. The van der Waals surface area contributed by atoms with E-state index in [1.165, 1.54) is 11.1 Å². The van der Waals surface area contributed by atoms with E-state index in [1.807, 2.05) is 17.7 Å². The van der Waals surface area contributed by atoms with Crippen LogP contribution in [0.15, 0.2) is 23.2 Å². The molecule has 0 fully saturated rings. The molecular formula is C20H31N5O2. The zero-order valence-electron chi connectivity index (χ0n) is 17.2. The lowest BCUT2D eigenvalue weighted by molar-refractivity contribution is 0.182. The molecule has 2 N–H and O–H groups in total. The highest BCUT2D eigenvalue weighted by Gasteiger charge is 2.12. The van der Waals surface area contributed by atoms with Gasteiger partial charge in [-0.15, -0.1) is 0 Å². The minimum absolute atomic E-state index is 0.633. The summed E-state index contributed by atoms with van der Waals surface area (Å²) in [6.07, 6.45) is 0. The van der Waals surface area contributed by atoms with E-state index in [0.717, 1.165) is 35.2 Å². The van der Waals surface area contributed by atoms with Gasteiger partial charge in [-0.05, 0) is 32.4 Å². The molecule has 0 amide bonds. The van der Waals surface area contributed by atoms with Crippen molar-refractivity contribution in [3.8, 4) is 5.75 Å². The molecule has 148 valence electrons. The average Bonchev–Trinajstić information content (AvgIpc) is 2.94. The van der Waals surface area contributed by atoms with Crippen LogP contribution in [0.25, 0.3) is 0 Å². The summed E-state index contributed by atoms with van der Waals surface area (Å²) in [6, 6.07) is 6.19. The second-order valence-corrected chi connectivity index (χ2v) is 6.46. The smallest absolute Gasteiger partial charge is 0.191 e. The Hall–Kier alpha value is -2.54. The second kappa shape index (κ2) is 9.97. The molecule has 1 aromatic carbocycles. The molecule has 0 aliphatic carbocycles. The molecule has 1 heterocycles. The van der Waals surface area contributed by atoms with Gasteiger partial charge < -0.3 is 20.1 Å². The number of rotatable bonds is 8. The summed E-state index contributed by atoms with van der Waals surface area (Å²) in [7, 11) is 5.16. The molecule has 0 spiro atoms. The molecule has 0 aliphatic heterocycles. The number of aliphatic imine (C=N–C) groups is 1. The molecule has 27 heavy (non-hydrogen) atoms. The van der Waals surface area contributed by atoms with Crippen molar-refractivity contribution < 1.29 is 9.47 Å². The largest absolute Gasteiger partial charge is 0.496 e. The molecule has 1 aromatic heterocycles. The number of methoxy groups -OCH3 is 2. The number of hydrogen-bond donors (Lipinski definition) is 2. The van der Waals surface area contributed by atoms with Gasteiger partial charge in [-0.1, -0.05) is 12.1 Å². The maximum absolute atomic E-state index is 5.47. The zero-order chi connectivity index (χ0) is 19.8. The van der Waals surface area contributed by atoms with Gasteiger partial charge in [-0.3, -0.25) is 9.67 Å². The maximum atomic E-state index is 5.47.